The monoisotopic (exact) mass is 367 g/mol. The Morgan fingerprint density at radius 1 is 1.09 bits per heavy atom. The Labute approximate surface area is 138 Å². The molecule has 0 spiro atoms. The lowest BCUT2D eigenvalue weighted by Gasteiger charge is -2.13. The van der Waals surface area contributed by atoms with Crippen LogP contribution in [0.5, 0.6) is 11.5 Å². The van der Waals surface area contributed by atoms with E-state index in [0.29, 0.717) is 25.4 Å². The van der Waals surface area contributed by atoms with Gasteiger partial charge in [0.25, 0.3) is 0 Å². The minimum Gasteiger partial charge on any atom is -0.493 e. The molecule has 0 unspecified atom stereocenters. The minimum atomic E-state index is -0.219. The van der Waals surface area contributed by atoms with Crippen molar-refractivity contribution >= 4 is 15.9 Å². The molecule has 2 aromatic carbocycles. The molecule has 0 atom stereocenters. The Bertz CT molecular complexity index is 617. The summed E-state index contributed by atoms with van der Waals surface area (Å²) >= 11 is 3.54. The summed E-state index contributed by atoms with van der Waals surface area (Å²) in [7, 11) is 1.62. The third-order valence-electron chi connectivity index (χ3n) is 3.19. The van der Waals surface area contributed by atoms with E-state index < -0.39 is 0 Å². The van der Waals surface area contributed by atoms with Crippen LogP contribution in [-0.2, 0) is 13.1 Å². The van der Waals surface area contributed by atoms with Crippen LogP contribution in [0.15, 0.2) is 40.9 Å². The average molecular weight is 368 g/mol. The third kappa shape index (κ3) is 4.45. The van der Waals surface area contributed by atoms with Gasteiger partial charge in [0.2, 0.25) is 0 Å². The highest BCUT2D eigenvalue weighted by atomic mass is 79.9. The molecule has 0 bridgehead atoms. The van der Waals surface area contributed by atoms with Gasteiger partial charge in [-0.25, -0.2) is 4.39 Å². The molecule has 2 aromatic rings. The Morgan fingerprint density at radius 2 is 1.82 bits per heavy atom. The molecule has 0 aromatic heterocycles. The molecule has 0 saturated heterocycles. The van der Waals surface area contributed by atoms with Gasteiger partial charge >= 0.3 is 0 Å². The molecule has 0 aliphatic heterocycles. The summed E-state index contributed by atoms with van der Waals surface area (Å²) in [5.41, 5.74) is 2.11. The largest absolute Gasteiger partial charge is 0.493 e. The lowest BCUT2D eigenvalue weighted by molar-refractivity contribution is 0.310. The van der Waals surface area contributed by atoms with E-state index in [0.717, 1.165) is 21.3 Å². The average Bonchev–Trinajstić information content (AvgIpc) is 2.52. The van der Waals surface area contributed by atoms with Crippen LogP contribution >= 0.6 is 15.9 Å². The first-order valence-corrected chi connectivity index (χ1v) is 7.87. The molecule has 22 heavy (non-hydrogen) atoms. The predicted molar refractivity (Wildman–Crippen MR) is 88.8 cm³/mol. The van der Waals surface area contributed by atoms with Crippen LogP contribution in [0.3, 0.4) is 0 Å². The highest BCUT2D eigenvalue weighted by Gasteiger charge is 2.09. The number of methoxy groups -OCH3 is 1. The van der Waals surface area contributed by atoms with Crippen molar-refractivity contribution in [3.05, 3.63) is 57.8 Å². The molecule has 5 heteroatoms. The molecule has 118 valence electrons. The van der Waals surface area contributed by atoms with Gasteiger partial charge in [-0.3, -0.25) is 0 Å². The Balaban J connectivity index is 2.02. The summed E-state index contributed by atoms with van der Waals surface area (Å²) < 4.78 is 24.7. The van der Waals surface area contributed by atoms with Gasteiger partial charge < -0.3 is 14.8 Å². The van der Waals surface area contributed by atoms with Crippen LogP contribution in [0.4, 0.5) is 4.39 Å². The van der Waals surface area contributed by atoms with Crippen molar-refractivity contribution in [3.63, 3.8) is 0 Å². The predicted octanol–water partition coefficient (Wildman–Crippen LogP) is 4.29. The molecule has 0 aliphatic rings. The molecule has 0 radical (unpaired) electrons. The van der Waals surface area contributed by atoms with Crippen molar-refractivity contribution in [1.82, 2.24) is 5.32 Å². The Kier molecular flexibility index (Phi) is 6.21. The topological polar surface area (TPSA) is 30.5 Å². The summed E-state index contributed by atoms with van der Waals surface area (Å²) in [6.07, 6.45) is 0. The van der Waals surface area contributed by atoms with Gasteiger partial charge in [-0.2, -0.15) is 0 Å². The molecule has 0 saturated carbocycles. The number of benzene rings is 2. The number of nitrogens with one attached hydrogen (secondary N) is 1. The zero-order valence-electron chi connectivity index (χ0n) is 12.7. The van der Waals surface area contributed by atoms with Gasteiger partial charge in [0, 0.05) is 17.6 Å². The van der Waals surface area contributed by atoms with Crippen LogP contribution < -0.4 is 14.8 Å². The second kappa shape index (κ2) is 8.15. The standard InChI is InChI=1S/C17H19BrFNO2/c1-3-22-17-8-13(15(18)9-16(17)21-2)11-20-10-12-4-6-14(19)7-5-12/h4-9,20H,3,10-11H2,1-2H3. The van der Waals surface area contributed by atoms with E-state index in [-0.39, 0.29) is 5.82 Å². The van der Waals surface area contributed by atoms with Gasteiger partial charge in [-0.15, -0.1) is 0 Å². The summed E-state index contributed by atoms with van der Waals surface area (Å²) in [6, 6.07) is 10.3. The molecule has 0 amide bonds. The first-order chi connectivity index (χ1) is 10.6. The lowest BCUT2D eigenvalue weighted by atomic mass is 10.2. The van der Waals surface area contributed by atoms with E-state index in [9.17, 15) is 4.39 Å². The molecule has 0 fully saturated rings. The SMILES string of the molecule is CCOc1cc(CNCc2ccc(F)cc2)c(Br)cc1OC. The number of ether oxygens (including phenoxy) is 2. The molecule has 1 N–H and O–H groups in total. The smallest absolute Gasteiger partial charge is 0.161 e. The maximum Gasteiger partial charge on any atom is 0.161 e. The first-order valence-electron chi connectivity index (χ1n) is 7.08. The van der Waals surface area contributed by atoms with Crippen LogP contribution in [-0.4, -0.2) is 13.7 Å². The van der Waals surface area contributed by atoms with Gasteiger partial charge in [-0.1, -0.05) is 28.1 Å². The lowest BCUT2D eigenvalue weighted by Crippen LogP contribution is -2.13. The van der Waals surface area contributed by atoms with E-state index in [2.05, 4.69) is 21.2 Å². The van der Waals surface area contributed by atoms with Crippen molar-refractivity contribution in [2.24, 2.45) is 0 Å². The van der Waals surface area contributed by atoms with Crippen molar-refractivity contribution in [2.45, 2.75) is 20.0 Å². The van der Waals surface area contributed by atoms with Gasteiger partial charge in [0.15, 0.2) is 11.5 Å². The van der Waals surface area contributed by atoms with E-state index >= 15 is 0 Å². The fourth-order valence-electron chi connectivity index (χ4n) is 2.08. The van der Waals surface area contributed by atoms with Crippen molar-refractivity contribution in [1.29, 1.82) is 0 Å². The van der Waals surface area contributed by atoms with Crippen molar-refractivity contribution in [3.8, 4) is 11.5 Å². The highest BCUT2D eigenvalue weighted by Crippen LogP contribution is 2.33. The van der Waals surface area contributed by atoms with Crippen molar-refractivity contribution in [2.75, 3.05) is 13.7 Å². The Hall–Kier alpha value is -1.59. The minimum absolute atomic E-state index is 0.219. The second-order valence-electron chi connectivity index (χ2n) is 4.76. The fourth-order valence-corrected chi connectivity index (χ4v) is 2.55. The quantitative estimate of drug-likeness (QED) is 0.791. The molecular weight excluding hydrogens is 349 g/mol. The zero-order valence-corrected chi connectivity index (χ0v) is 14.2. The first kappa shape index (κ1) is 16.8. The molecule has 3 nitrogen and oxygen atoms in total. The van der Waals surface area contributed by atoms with E-state index in [1.54, 1.807) is 19.2 Å². The van der Waals surface area contributed by atoms with Crippen LogP contribution in [0, 0.1) is 5.82 Å². The van der Waals surface area contributed by atoms with Crippen LogP contribution in [0.2, 0.25) is 0 Å². The Morgan fingerprint density at radius 3 is 2.45 bits per heavy atom. The molecule has 0 aliphatic carbocycles. The van der Waals surface area contributed by atoms with Gasteiger partial charge in [-0.05, 0) is 42.3 Å². The normalized spacial score (nSPS) is 10.5. The van der Waals surface area contributed by atoms with Crippen molar-refractivity contribution < 1.29 is 13.9 Å². The summed E-state index contributed by atoms with van der Waals surface area (Å²) in [4.78, 5) is 0. The maximum atomic E-state index is 12.9. The molecular formula is C17H19BrFNO2. The highest BCUT2D eigenvalue weighted by molar-refractivity contribution is 9.10. The number of hydrogen-bond donors (Lipinski definition) is 1. The second-order valence-corrected chi connectivity index (χ2v) is 5.61. The maximum absolute atomic E-state index is 12.9. The zero-order chi connectivity index (χ0) is 15.9. The van der Waals surface area contributed by atoms with E-state index in [4.69, 9.17) is 9.47 Å². The van der Waals surface area contributed by atoms with Crippen LogP contribution in [0.1, 0.15) is 18.1 Å². The summed E-state index contributed by atoms with van der Waals surface area (Å²) in [5.74, 6) is 1.21. The van der Waals surface area contributed by atoms with E-state index in [1.165, 1.54) is 12.1 Å². The molecule has 0 heterocycles. The molecule has 2 rings (SSSR count). The third-order valence-corrected chi connectivity index (χ3v) is 3.93. The number of rotatable bonds is 7. The van der Waals surface area contributed by atoms with Gasteiger partial charge in [0.05, 0.1) is 13.7 Å². The van der Waals surface area contributed by atoms with Crippen LogP contribution in [0.25, 0.3) is 0 Å². The number of halogens is 2. The number of hydrogen-bond acceptors (Lipinski definition) is 3. The summed E-state index contributed by atoms with van der Waals surface area (Å²) in [6.45, 7) is 3.86. The summed E-state index contributed by atoms with van der Waals surface area (Å²) in [5, 5.41) is 3.34. The van der Waals surface area contributed by atoms with E-state index in [1.807, 2.05) is 19.1 Å². The fraction of sp³-hybridized carbons (Fsp3) is 0.294. The van der Waals surface area contributed by atoms with Gasteiger partial charge in [0.1, 0.15) is 5.82 Å².